The summed E-state index contributed by atoms with van der Waals surface area (Å²) < 4.78 is 5.64. The fraction of sp³-hybridized carbons (Fsp3) is 0.0667. The molecule has 0 bridgehead atoms. The lowest BCUT2D eigenvalue weighted by Gasteiger charge is -2.01. The molecule has 1 heterocycles. The van der Waals surface area contributed by atoms with Gasteiger partial charge in [-0.15, -0.1) is 0 Å². The van der Waals surface area contributed by atoms with E-state index in [0.717, 1.165) is 17.1 Å². The number of benzene rings is 2. The first-order chi connectivity index (χ1) is 8.36. The molecule has 0 radical (unpaired) electrons. The van der Waals surface area contributed by atoms with E-state index in [1.807, 2.05) is 24.3 Å². The van der Waals surface area contributed by atoms with E-state index in [-0.39, 0.29) is 0 Å². The van der Waals surface area contributed by atoms with Gasteiger partial charge < -0.3 is 10.2 Å². The standard InChI is InChI=1S/C15H13NO/c16-10-14-7-8-15(17-14)13-6-5-11-3-1-2-4-12(11)9-13/h1-9H,10,16H2. The predicted molar refractivity (Wildman–Crippen MR) is 69.5 cm³/mol. The monoisotopic (exact) mass is 223 g/mol. The maximum absolute atomic E-state index is 5.64. The van der Waals surface area contributed by atoms with Crippen molar-refractivity contribution in [2.45, 2.75) is 6.54 Å². The normalized spacial score (nSPS) is 10.9. The van der Waals surface area contributed by atoms with E-state index in [0.29, 0.717) is 6.54 Å². The molecular formula is C15H13NO. The van der Waals surface area contributed by atoms with Gasteiger partial charge >= 0.3 is 0 Å². The number of furan rings is 1. The zero-order valence-electron chi connectivity index (χ0n) is 9.39. The maximum atomic E-state index is 5.64. The summed E-state index contributed by atoms with van der Waals surface area (Å²) in [6.45, 7) is 0.438. The van der Waals surface area contributed by atoms with E-state index in [4.69, 9.17) is 10.2 Å². The van der Waals surface area contributed by atoms with Crippen LogP contribution in [-0.2, 0) is 6.54 Å². The Labute approximate surface area is 99.7 Å². The third kappa shape index (κ3) is 1.83. The fourth-order valence-electron chi connectivity index (χ4n) is 1.99. The summed E-state index contributed by atoms with van der Waals surface area (Å²) in [5, 5.41) is 2.46. The Morgan fingerprint density at radius 1 is 0.882 bits per heavy atom. The average Bonchev–Trinajstić information content (AvgIpc) is 2.87. The summed E-state index contributed by atoms with van der Waals surface area (Å²) >= 11 is 0. The Morgan fingerprint density at radius 2 is 1.71 bits per heavy atom. The van der Waals surface area contributed by atoms with E-state index >= 15 is 0 Å². The molecule has 0 saturated heterocycles. The molecule has 0 atom stereocenters. The Kier molecular flexibility index (Phi) is 2.42. The van der Waals surface area contributed by atoms with Crippen LogP contribution >= 0.6 is 0 Å². The van der Waals surface area contributed by atoms with Gasteiger partial charge in [0, 0.05) is 5.56 Å². The number of rotatable bonds is 2. The van der Waals surface area contributed by atoms with Crippen molar-refractivity contribution in [1.29, 1.82) is 0 Å². The first kappa shape index (κ1) is 10.1. The number of hydrogen-bond donors (Lipinski definition) is 1. The molecule has 2 aromatic carbocycles. The van der Waals surface area contributed by atoms with Crippen LogP contribution in [0.15, 0.2) is 59.0 Å². The van der Waals surface area contributed by atoms with Gasteiger partial charge in [0.2, 0.25) is 0 Å². The highest BCUT2D eigenvalue weighted by atomic mass is 16.3. The van der Waals surface area contributed by atoms with Crippen LogP contribution in [0.25, 0.3) is 22.1 Å². The second-order valence-electron chi connectivity index (χ2n) is 4.03. The second kappa shape index (κ2) is 4.07. The Bertz CT molecular complexity index is 655. The highest BCUT2D eigenvalue weighted by molar-refractivity contribution is 5.86. The lowest BCUT2D eigenvalue weighted by molar-refractivity contribution is 0.525. The smallest absolute Gasteiger partial charge is 0.134 e. The van der Waals surface area contributed by atoms with E-state index in [2.05, 4.69) is 30.3 Å². The molecule has 84 valence electrons. The van der Waals surface area contributed by atoms with Gasteiger partial charge in [-0.05, 0) is 29.0 Å². The van der Waals surface area contributed by atoms with Crippen LogP contribution in [0.4, 0.5) is 0 Å². The van der Waals surface area contributed by atoms with Crippen LogP contribution in [-0.4, -0.2) is 0 Å². The average molecular weight is 223 g/mol. The summed E-state index contributed by atoms with van der Waals surface area (Å²) in [4.78, 5) is 0. The number of nitrogens with two attached hydrogens (primary N) is 1. The zero-order valence-corrected chi connectivity index (χ0v) is 9.39. The van der Waals surface area contributed by atoms with Crippen molar-refractivity contribution in [2.75, 3.05) is 0 Å². The Morgan fingerprint density at radius 3 is 2.47 bits per heavy atom. The van der Waals surface area contributed by atoms with Crippen molar-refractivity contribution in [3.05, 3.63) is 60.4 Å². The first-order valence-corrected chi connectivity index (χ1v) is 5.65. The minimum atomic E-state index is 0.438. The molecule has 2 N–H and O–H groups in total. The van der Waals surface area contributed by atoms with Crippen molar-refractivity contribution < 1.29 is 4.42 Å². The molecule has 2 nitrogen and oxygen atoms in total. The first-order valence-electron chi connectivity index (χ1n) is 5.65. The molecule has 0 unspecified atom stereocenters. The quantitative estimate of drug-likeness (QED) is 0.721. The van der Waals surface area contributed by atoms with Gasteiger partial charge in [0.25, 0.3) is 0 Å². The van der Waals surface area contributed by atoms with Gasteiger partial charge in [-0.3, -0.25) is 0 Å². The molecule has 17 heavy (non-hydrogen) atoms. The van der Waals surface area contributed by atoms with Crippen LogP contribution in [0.3, 0.4) is 0 Å². The molecule has 0 saturated carbocycles. The molecule has 0 spiro atoms. The van der Waals surface area contributed by atoms with Crippen LogP contribution in [0.1, 0.15) is 5.76 Å². The highest BCUT2D eigenvalue weighted by Crippen LogP contribution is 2.25. The van der Waals surface area contributed by atoms with E-state index < -0.39 is 0 Å². The molecule has 0 aliphatic rings. The third-order valence-electron chi connectivity index (χ3n) is 2.90. The maximum Gasteiger partial charge on any atom is 0.134 e. The van der Waals surface area contributed by atoms with E-state index in [1.165, 1.54) is 10.8 Å². The van der Waals surface area contributed by atoms with Gasteiger partial charge in [0.15, 0.2) is 0 Å². The summed E-state index contributed by atoms with van der Waals surface area (Å²) in [5.41, 5.74) is 6.62. The lowest BCUT2D eigenvalue weighted by Crippen LogP contribution is -1.92. The van der Waals surface area contributed by atoms with E-state index in [9.17, 15) is 0 Å². The van der Waals surface area contributed by atoms with Gasteiger partial charge in [0.1, 0.15) is 11.5 Å². The summed E-state index contributed by atoms with van der Waals surface area (Å²) in [6.07, 6.45) is 0. The van der Waals surface area contributed by atoms with Crippen molar-refractivity contribution in [3.8, 4) is 11.3 Å². The SMILES string of the molecule is NCc1ccc(-c2ccc3ccccc3c2)o1. The number of fused-ring (bicyclic) bond motifs is 1. The third-order valence-corrected chi connectivity index (χ3v) is 2.90. The molecule has 3 rings (SSSR count). The van der Waals surface area contributed by atoms with Crippen molar-refractivity contribution in [2.24, 2.45) is 5.73 Å². The van der Waals surface area contributed by atoms with Crippen LogP contribution < -0.4 is 5.73 Å². The van der Waals surface area contributed by atoms with Gasteiger partial charge in [-0.25, -0.2) is 0 Å². The molecule has 0 fully saturated rings. The van der Waals surface area contributed by atoms with Crippen LogP contribution in [0, 0.1) is 0 Å². The largest absolute Gasteiger partial charge is 0.460 e. The topological polar surface area (TPSA) is 39.2 Å². The molecule has 0 aliphatic carbocycles. The molecule has 0 amide bonds. The second-order valence-corrected chi connectivity index (χ2v) is 4.03. The van der Waals surface area contributed by atoms with Gasteiger partial charge in [-0.1, -0.05) is 36.4 Å². The van der Waals surface area contributed by atoms with Crippen molar-refractivity contribution >= 4 is 10.8 Å². The predicted octanol–water partition coefficient (Wildman–Crippen LogP) is 3.56. The van der Waals surface area contributed by atoms with Gasteiger partial charge in [0.05, 0.1) is 6.54 Å². The highest BCUT2D eigenvalue weighted by Gasteiger charge is 2.04. The zero-order chi connectivity index (χ0) is 11.7. The van der Waals surface area contributed by atoms with Gasteiger partial charge in [-0.2, -0.15) is 0 Å². The molecule has 3 aromatic rings. The lowest BCUT2D eigenvalue weighted by atomic mass is 10.1. The molecule has 1 aromatic heterocycles. The van der Waals surface area contributed by atoms with Crippen LogP contribution in [0.2, 0.25) is 0 Å². The van der Waals surface area contributed by atoms with E-state index in [1.54, 1.807) is 0 Å². The van der Waals surface area contributed by atoms with Crippen LogP contribution in [0.5, 0.6) is 0 Å². The fourth-order valence-corrected chi connectivity index (χ4v) is 1.99. The number of hydrogen-bond acceptors (Lipinski definition) is 2. The molecular weight excluding hydrogens is 210 g/mol. The van der Waals surface area contributed by atoms with Crippen molar-refractivity contribution in [3.63, 3.8) is 0 Å². The molecule has 2 heteroatoms. The summed E-state index contributed by atoms with van der Waals surface area (Å²) in [6, 6.07) is 18.5. The molecule has 0 aliphatic heterocycles. The van der Waals surface area contributed by atoms with Crippen molar-refractivity contribution in [1.82, 2.24) is 0 Å². The summed E-state index contributed by atoms with van der Waals surface area (Å²) in [5.74, 6) is 1.68. The minimum absolute atomic E-state index is 0.438. The summed E-state index contributed by atoms with van der Waals surface area (Å²) in [7, 11) is 0. The minimum Gasteiger partial charge on any atom is -0.460 e. The Hall–Kier alpha value is -2.06. The Balaban J connectivity index is 2.11.